The molecule has 1 aromatic rings. The van der Waals surface area contributed by atoms with Gasteiger partial charge in [-0.1, -0.05) is 50.5 Å². The zero-order valence-electron chi connectivity index (χ0n) is 10.1. The predicted octanol–water partition coefficient (Wildman–Crippen LogP) is 4.58. The summed E-state index contributed by atoms with van der Waals surface area (Å²) in [5, 5.41) is 10.2. The van der Waals surface area contributed by atoms with Crippen LogP contribution in [0.15, 0.2) is 16.6 Å². The van der Waals surface area contributed by atoms with Crippen molar-refractivity contribution in [2.45, 2.75) is 46.0 Å². The number of rotatable bonds is 1. The average Bonchev–Trinajstić information content (AvgIpc) is 2.06. The van der Waals surface area contributed by atoms with Gasteiger partial charge in [0.1, 0.15) is 5.75 Å². The lowest BCUT2D eigenvalue weighted by Crippen LogP contribution is -2.12. The molecule has 0 unspecified atom stereocenters. The Hall–Kier alpha value is -0.500. The van der Waals surface area contributed by atoms with E-state index in [2.05, 4.69) is 50.5 Å². The Morgan fingerprint density at radius 3 is 2.13 bits per heavy atom. The van der Waals surface area contributed by atoms with Crippen LogP contribution < -0.4 is 0 Å². The second-order valence-electron chi connectivity index (χ2n) is 5.30. The molecule has 0 aliphatic carbocycles. The Morgan fingerprint density at radius 1 is 1.20 bits per heavy atom. The van der Waals surface area contributed by atoms with E-state index in [9.17, 15) is 5.11 Å². The van der Waals surface area contributed by atoms with E-state index in [0.717, 1.165) is 15.6 Å². The number of halogens is 1. The van der Waals surface area contributed by atoms with E-state index in [-0.39, 0.29) is 5.41 Å². The molecule has 0 saturated heterocycles. The number of aromatic hydroxyl groups is 1. The number of hydrogen-bond acceptors (Lipinski definition) is 1. The van der Waals surface area contributed by atoms with E-state index in [0.29, 0.717) is 11.7 Å². The summed E-state index contributed by atoms with van der Waals surface area (Å²) in [6.45, 7) is 10.5. The molecule has 0 spiro atoms. The van der Waals surface area contributed by atoms with Gasteiger partial charge in [-0.3, -0.25) is 0 Å². The topological polar surface area (TPSA) is 20.2 Å². The minimum atomic E-state index is -0.0303. The van der Waals surface area contributed by atoms with Crippen molar-refractivity contribution in [1.82, 2.24) is 0 Å². The third kappa shape index (κ3) is 2.75. The van der Waals surface area contributed by atoms with Crippen molar-refractivity contribution in [2.75, 3.05) is 0 Å². The molecule has 2 heteroatoms. The second-order valence-corrected chi connectivity index (χ2v) is 6.21. The number of phenolic OH excluding ortho intramolecular Hbond substituents is 1. The highest BCUT2D eigenvalue weighted by Gasteiger charge is 2.21. The van der Waals surface area contributed by atoms with E-state index in [1.807, 2.05) is 12.1 Å². The van der Waals surface area contributed by atoms with Crippen LogP contribution in [0.1, 0.15) is 51.7 Å². The van der Waals surface area contributed by atoms with Gasteiger partial charge in [0, 0.05) is 10.0 Å². The predicted molar refractivity (Wildman–Crippen MR) is 68.6 cm³/mol. The van der Waals surface area contributed by atoms with E-state index in [4.69, 9.17) is 0 Å². The van der Waals surface area contributed by atoms with Crippen molar-refractivity contribution in [3.8, 4) is 5.75 Å². The van der Waals surface area contributed by atoms with Crippen LogP contribution in [0.3, 0.4) is 0 Å². The summed E-state index contributed by atoms with van der Waals surface area (Å²) in [5.41, 5.74) is 1.98. The fourth-order valence-corrected chi connectivity index (χ4v) is 2.11. The summed E-state index contributed by atoms with van der Waals surface area (Å²) in [6, 6.07) is 4.00. The molecule has 0 aliphatic heterocycles. The first-order valence-corrected chi connectivity index (χ1v) is 6.05. The van der Waals surface area contributed by atoms with Gasteiger partial charge in [0.05, 0.1) is 0 Å². The number of hydrogen-bond donors (Lipinski definition) is 1. The van der Waals surface area contributed by atoms with E-state index in [1.54, 1.807) is 0 Å². The standard InChI is InChI=1S/C13H19BrO/c1-8(2)10-6-9(14)7-11(12(10)15)13(3,4)5/h6-8,15H,1-5H3. The molecule has 0 radical (unpaired) electrons. The van der Waals surface area contributed by atoms with Crippen molar-refractivity contribution >= 4 is 15.9 Å². The van der Waals surface area contributed by atoms with Crippen molar-refractivity contribution < 1.29 is 5.11 Å². The van der Waals surface area contributed by atoms with Crippen molar-refractivity contribution in [3.63, 3.8) is 0 Å². The smallest absolute Gasteiger partial charge is 0.122 e. The monoisotopic (exact) mass is 270 g/mol. The Morgan fingerprint density at radius 2 is 1.73 bits per heavy atom. The SMILES string of the molecule is CC(C)c1cc(Br)cc(C(C)(C)C)c1O. The molecule has 1 aromatic carbocycles. The minimum absolute atomic E-state index is 0.0303. The van der Waals surface area contributed by atoms with Crippen LogP contribution in [0.2, 0.25) is 0 Å². The Labute approximate surface area is 101 Å². The van der Waals surface area contributed by atoms with Gasteiger partial charge in [-0.15, -0.1) is 0 Å². The highest BCUT2D eigenvalue weighted by molar-refractivity contribution is 9.10. The lowest BCUT2D eigenvalue weighted by atomic mass is 9.84. The number of phenols is 1. The molecule has 0 bridgehead atoms. The Kier molecular flexibility index (Phi) is 3.49. The molecule has 0 heterocycles. The highest BCUT2D eigenvalue weighted by atomic mass is 79.9. The van der Waals surface area contributed by atoms with Crippen LogP contribution in [0, 0.1) is 0 Å². The lowest BCUT2D eigenvalue weighted by Gasteiger charge is -2.23. The van der Waals surface area contributed by atoms with Crippen molar-refractivity contribution in [1.29, 1.82) is 0 Å². The van der Waals surface area contributed by atoms with E-state index < -0.39 is 0 Å². The fourth-order valence-electron chi connectivity index (χ4n) is 1.63. The highest BCUT2D eigenvalue weighted by Crippen LogP contribution is 2.38. The van der Waals surface area contributed by atoms with Crippen molar-refractivity contribution in [3.05, 3.63) is 27.7 Å². The van der Waals surface area contributed by atoms with Crippen LogP contribution >= 0.6 is 15.9 Å². The van der Waals surface area contributed by atoms with E-state index in [1.165, 1.54) is 0 Å². The maximum Gasteiger partial charge on any atom is 0.122 e. The summed E-state index contributed by atoms with van der Waals surface area (Å²) >= 11 is 3.50. The molecule has 0 amide bonds. The van der Waals surface area contributed by atoms with Gasteiger partial charge in [-0.05, 0) is 29.0 Å². The quantitative estimate of drug-likeness (QED) is 0.792. The third-order valence-electron chi connectivity index (χ3n) is 2.53. The summed E-state index contributed by atoms with van der Waals surface area (Å²) in [4.78, 5) is 0. The van der Waals surface area contributed by atoms with Crippen LogP contribution in [0.4, 0.5) is 0 Å². The minimum Gasteiger partial charge on any atom is -0.507 e. The van der Waals surface area contributed by atoms with Gasteiger partial charge in [-0.25, -0.2) is 0 Å². The van der Waals surface area contributed by atoms with E-state index >= 15 is 0 Å². The maximum atomic E-state index is 10.2. The zero-order valence-corrected chi connectivity index (χ0v) is 11.6. The molecule has 1 rings (SSSR count). The zero-order chi connectivity index (χ0) is 11.8. The molecular formula is C13H19BrO. The summed E-state index contributed by atoms with van der Waals surface area (Å²) in [5.74, 6) is 0.782. The second kappa shape index (κ2) is 4.17. The van der Waals surface area contributed by atoms with Crippen molar-refractivity contribution in [2.24, 2.45) is 0 Å². The molecule has 0 saturated carbocycles. The van der Waals surface area contributed by atoms with Crippen LogP contribution in [0.25, 0.3) is 0 Å². The molecular weight excluding hydrogens is 252 g/mol. The molecule has 0 atom stereocenters. The molecule has 0 aliphatic rings. The van der Waals surface area contributed by atoms with Gasteiger partial charge < -0.3 is 5.11 Å². The van der Waals surface area contributed by atoms with Crippen LogP contribution in [-0.4, -0.2) is 5.11 Å². The summed E-state index contributed by atoms with van der Waals surface area (Å²) in [7, 11) is 0. The van der Waals surface area contributed by atoms with Gasteiger partial charge in [0.15, 0.2) is 0 Å². The average molecular weight is 271 g/mol. The largest absolute Gasteiger partial charge is 0.507 e. The fraction of sp³-hybridized carbons (Fsp3) is 0.538. The first-order valence-electron chi connectivity index (χ1n) is 5.26. The normalized spacial score (nSPS) is 12.2. The Bertz CT molecular complexity index is 362. The van der Waals surface area contributed by atoms with Crippen LogP contribution in [-0.2, 0) is 5.41 Å². The van der Waals surface area contributed by atoms with Gasteiger partial charge in [0.25, 0.3) is 0 Å². The molecule has 15 heavy (non-hydrogen) atoms. The number of benzene rings is 1. The first kappa shape index (κ1) is 12.6. The molecule has 84 valence electrons. The lowest BCUT2D eigenvalue weighted by molar-refractivity contribution is 0.437. The van der Waals surface area contributed by atoms with Crippen LogP contribution in [0.5, 0.6) is 5.75 Å². The summed E-state index contributed by atoms with van der Waals surface area (Å²) < 4.78 is 1.04. The van der Waals surface area contributed by atoms with Gasteiger partial charge >= 0.3 is 0 Å². The molecule has 0 fully saturated rings. The van der Waals surface area contributed by atoms with Gasteiger partial charge in [0.2, 0.25) is 0 Å². The molecule has 1 nitrogen and oxygen atoms in total. The summed E-state index contributed by atoms with van der Waals surface area (Å²) in [6.07, 6.45) is 0. The van der Waals surface area contributed by atoms with Gasteiger partial charge in [-0.2, -0.15) is 0 Å². The molecule has 1 N–H and O–H groups in total. The third-order valence-corrected chi connectivity index (χ3v) is 2.99. The Balaban J connectivity index is 3.42. The maximum absolute atomic E-state index is 10.2. The molecule has 0 aromatic heterocycles. The first-order chi connectivity index (χ1) is 6.73.